The molecule has 0 atom stereocenters. The molecule has 0 aliphatic carbocycles. The molecule has 4 aromatic rings. The van der Waals surface area contributed by atoms with Gasteiger partial charge in [-0.2, -0.15) is 0 Å². The number of hydrogen-bond donors (Lipinski definition) is 0. The normalized spacial score (nSPS) is 10.7. The minimum absolute atomic E-state index is 0.00395. The summed E-state index contributed by atoms with van der Waals surface area (Å²) in [6.07, 6.45) is 0. The van der Waals surface area contributed by atoms with Crippen LogP contribution in [0.4, 0.5) is 0 Å². The molecule has 0 saturated carbocycles. The molecule has 1 aromatic heterocycles. The predicted octanol–water partition coefficient (Wildman–Crippen LogP) is 7.62. The van der Waals surface area contributed by atoms with Gasteiger partial charge in [0.15, 0.2) is 0 Å². The number of carbonyl (C=O) groups is 1. The van der Waals surface area contributed by atoms with Gasteiger partial charge in [0.2, 0.25) is 5.78 Å². The van der Waals surface area contributed by atoms with Crippen LogP contribution in [0.2, 0.25) is 10.0 Å². The maximum Gasteiger partial charge on any atom is 0.203 e. The maximum absolute atomic E-state index is 13.2. The molecule has 0 radical (unpaired) electrons. The average Bonchev–Trinajstić information content (AvgIpc) is 3.15. The van der Waals surface area contributed by atoms with Crippen molar-refractivity contribution >= 4 is 40.3 Å². The fourth-order valence-corrected chi connectivity index (χ4v) is 4.28. The van der Waals surface area contributed by atoms with Gasteiger partial charge in [0.05, 0.1) is 4.88 Å². The van der Waals surface area contributed by atoms with Crippen molar-refractivity contribution in [3.63, 3.8) is 0 Å². The summed E-state index contributed by atoms with van der Waals surface area (Å²) in [6, 6.07) is 26.7. The van der Waals surface area contributed by atoms with Gasteiger partial charge in [0.1, 0.15) is 0 Å². The zero-order valence-electron chi connectivity index (χ0n) is 14.2. The van der Waals surface area contributed by atoms with Crippen LogP contribution in [0.25, 0.3) is 21.6 Å². The lowest BCUT2D eigenvalue weighted by Gasteiger charge is -2.04. The van der Waals surface area contributed by atoms with E-state index in [4.69, 9.17) is 23.2 Å². The lowest BCUT2D eigenvalue weighted by Crippen LogP contribution is -2.00. The van der Waals surface area contributed by atoms with E-state index in [1.807, 2.05) is 54.6 Å². The van der Waals surface area contributed by atoms with E-state index in [-0.39, 0.29) is 5.78 Å². The number of ketones is 1. The molecule has 1 heterocycles. The molecule has 0 spiro atoms. The summed E-state index contributed by atoms with van der Waals surface area (Å²) >= 11 is 13.5. The zero-order valence-corrected chi connectivity index (χ0v) is 16.5. The first kappa shape index (κ1) is 18.0. The molecule has 0 bridgehead atoms. The number of carbonyl (C=O) groups excluding carboxylic acids is 1. The lowest BCUT2D eigenvalue weighted by molar-refractivity contribution is 0.104. The molecule has 0 fully saturated rings. The SMILES string of the molecule is O=C(c1ccc(Cl)cc1)c1sc(-c2ccc(Cl)cc2)cc1-c1ccccc1. The minimum Gasteiger partial charge on any atom is -0.288 e. The zero-order chi connectivity index (χ0) is 18.8. The van der Waals surface area contributed by atoms with Crippen molar-refractivity contribution in [1.29, 1.82) is 0 Å². The Kier molecular flexibility index (Phi) is 5.13. The van der Waals surface area contributed by atoms with Crippen molar-refractivity contribution in [1.82, 2.24) is 0 Å². The topological polar surface area (TPSA) is 17.1 Å². The predicted molar refractivity (Wildman–Crippen MR) is 115 cm³/mol. The third-order valence-electron chi connectivity index (χ3n) is 4.26. The number of rotatable bonds is 4. The summed E-state index contributed by atoms with van der Waals surface area (Å²) in [7, 11) is 0. The molecular formula is C23H14Cl2OS. The molecule has 4 rings (SSSR count). The second kappa shape index (κ2) is 7.69. The number of halogens is 2. The molecule has 0 amide bonds. The van der Waals surface area contributed by atoms with Gasteiger partial charge < -0.3 is 0 Å². The van der Waals surface area contributed by atoms with E-state index in [1.165, 1.54) is 11.3 Å². The first-order valence-corrected chi connectivity index (χ1v) is 9.94. The molecule has 132 valence electrons. The van der Waals surface area contributed by atoms with Crippen LogP contribution in [-0.2, 0) is 0 Å². The average molecular weight is 409 g/mol. The Hall–Kier alpha value is -2.39. The standard InChI is InChI=1S/C23H14Cl2OS/c24-18-10-6-16(7-11-18)21-14-20(15-4-2-1-3-5-15)23(27-21)22(26)17-8-12-19(25)13-9-17/h1-14H. The summed E-state index contributed by atoms with van der Waals surface area (Å²) in [6.45, 7) is 0. The second-order valence-corrected chi connectivity index (χ2v) is 7.99. The fourth-order valence-electron chi connectivity index (χ4n) is 2.88. The lowest BCUT2D eigenvalue weighted by atomic mass is 10.0. The van der Waals surface area contributed by atoms with Gasteiger partial charge >= 0.3 is 0 Å². The van der Waals surface area contributed by atoms with Crippen LogP contribution in [0.3, 0.4) is 0 Å². The van der Waals surface area contributed by atoms with Gasteiger partial charge in [-0.05, 0) is 53.6 Å². The highest BCUT2D eigenvalue weighted by molar-refractivity contribution is 7.18. The Morgan fingerprint density at radius 1 is 0.704 bits per heavy atom. The first-order chi connectivity index (χ1) is 13.1. The largest absolute Gasteiger partial charge is 0.288 e. The third-order valence-corrected chi connectivity index (χ3v) is 5.95. The van der Waals surface area contributed by atoms with Crippen LogP contribution in [0.1, 0.15) is 15.2 Å². The van der Waals surface area contributed by atoms with Crippen molar-refractivity contribution < 1.29 is 4.79 Å². The Bertz CT molecular complexity index is 1080. The second-order valence-electron chi connectivity index (χ2n) is 6.06. The van der Waals surface area contributed by atoms with Gasteiger partial charge in [-0.1, -0.05) is 65.7 Å². The smallest absolute Gasteiger partial charge is 0.203 e. The Balaban J connectivity index is 1.84. The molecule has 0 aliphatic rings. The van der Waals surface area contributed by atoms with E-state index in [0.29, 0.717) is 20.5 Å². The monoisotopic (exact) mass is 408 g/mol. The van der Waals surface area contributed by atoms with Crippen molar-refractivity contribution in [2.75, 3.05) is 0 Å². The molecule has 27 heavy (non-hydrogen) atoms. The first-order valence-electron chi connectivity index (χ1n) is 8.37. The van der Waals surface area contributed by atoms with Crippen LogP contribution in [0.15, 0.2) is 84.9 Å². The molecule has 0 N–H and O–H groups in total. The summed E-state index contributed by atoms with van der Waals surface area (Å²) in [5.74, 6) is -0.00395. The molecular weight excluding hydrogens is 395 g/mol. The molecule has 0 unspecified atom stereocenters. The van der Waals surface area contributed by atoms with Gasteiger partial charge in [-0.3, -0.25) is 4.79 Å². The van der Waals surface area contributed by atoms with E-state index in [0.717, 1.165) is 21.6 Å². The van der Waals surface area contributed by atoms with Crippen LogP contribution in [-0.4, -0.2) is 5.78 Å². The van der Waals surface area contributed by atoms with Crippen molar-refractivity contribution in [3.05, 3.63) is 105 Å². The highest BCUT2D eigenvalue weighted by atomic mass is 35.5. The Morgan fingerprint density at radius 2 is 1.30 bits per heavy atom. The minimum atomic E-state index is -0.00395. The van der Waals surface area contributed by atoms with E-state index in [1.54, 1.807) is 24.3 Å². The van der Waals surface area contributed by atoms with E-state index in [2.05, 4.69) is 6.07 Å². The summed E-state index contributed by atoms with van der Waals surface area (Å²) in [5.41, 5.74) is 3.62. The molecule has 4 heteroatoms. The highest BCUT2D eigenvalue weighted by Gasteiger charge is 2.19. The van der Waals surface area contributed by atoms with Crippen LogP contribution < -0.4 is 0 Å². The van der Waals surface area contributed by atoms with Crippen LogP contribution in [0, 0.1) is 0 Å². The Labute approximate surface area is 171 Å². The number of thiophene rings is 1. The third kappa shape index (κ3) is 3.84. The van der Waals surface area contributed by atoms with Crippen LogP contribution >= 0.6 is 34.5 Å². The fraction of sp³-hybridized carbons (Fsp3) is 0. The van der Waals surface area contributed by atoms with Gasteiger partial charge in [0, 0.05) is 26.0 Å². The maximum atomic E-state index is 13.2. The molecule has 0 aliphatic heterocycles. The van der Waals surface area contributed by atoms with E-state index >= 15 is 0 Å². The highest BCUT2D eigenvalue weighted by Crippen LogP contribution is 2.38. The number of hydrogen-bond acceptors (Lipinski definition) is 2. The molecule has 3 aromatic carbocycles. The van der Waals surface area contributed by atoms with Crippen molar-refractivity contribution in [3.8, 4) is 21.6 Å². The summed E-state index contributed by atoms with van der Waals surface area (Å²) in [4.78, 5) is 14.9. The van der Waals surface area contributed by atoms with Crippen molar-refractivity contribution in [2.24, 2.45) is 0 Å². The quantitative estimate of drug-likeness (QED) is 0.317. The van der Waals surface area contributed by atoms with E-state index < -0.39 is 0 Å². The summed E-state index contributed by atoms with van der Waals surface area (Å²) < 4.78 is 0. The van der Waals surface area contributed by atoms with Gasteiger partial charge in [-0.25, -0.2) is 0 Å². The van der Waals surface area contributed by atoms with Gasteiger partial charge in [0.25, 0.3) is 0 Å². The summed E-state index contributed by atoms with van der Waals surface area (Å²) in [5, 5.41) is 1.30. The van der Waals surface area contributed by atoms with E-state index in [9.17, 15) is 4.79 Å². The Morgan fingerprint density at radius 3 is 1.93 bits per heavy atom. The van der Waals surface area contributed by atoms with Crippen molar-refractivity contribution in [2.45, 2.75) is 0 Å². The van der Waals surface area contributed by atoms with Crippen LogP contribution in [0.5, 0.6) is 0 Å². The molecule has 1 nitrogen and oxygen atoms in total. The molecule has 0 saturated heterocycles. The number of benzene rings is 3. The van der Waals surface area contributed by atoms with Gasteiger partial charge in [-0.15, -0.1) is 11.3 Å².